The summed E-state index contributed by atoms with van der Waals surface area (Å²) in [7, 11) is 1.58. The van der Waals surface area contributed by atoms with Gasteiger partial charge in [-0.3, -0.25) is 14.4 Å². The van der Waals surface area contributed by atoms with Gasteiger partial charge in [-0.15, -0.1) is 0 Å². The zero-order valence-corrected chi connectivity index (χ0v) is 12.7. The van der Waals surface area contributed by atoms with Crippen LogP contribution in [0.15, 0.2) is 0 Å². The van der Waals surface area contributed by atoms with Gasteiger partial charge in [0.25, 0.3) is 0 Å². The monoisotopic (exact) mass is 300 g/mol. The second-order valence-corrected chi connectivity index (χ2v) is 4.91. The van der Waals surface area contributed by atoms with E-state index in [1.807, 2.05) is 0 Å². The molecule has 0 spiro atoms. The molecule has 1 N–H and O–H groups in total. The van der Waals surface area contributed by atoms with Gasteiger partial charge in [0.2, 0.25) is 11.8 Å². The van der Waals surface area contributed by atoms with E-state index in [2.05, 4.69) is 5.32 Å². The van der Waals surface area contributed by atoms with Crippen LogP contribution in [0.25, 0.3) is 0 Å². The first-order valence-corrected chi connectivity index (χ1v) is 7.28. The lowest BCUT2D eigenvalue weighted by molar-refractivity contribution is -0.143. The van der Waals surface area contributed by atoms with Crippen LogP contribution < -0.4 is 5.32 Å². The van der Waals surface area contributed by atoms with E-state index in [1.54, 1.807) is 18.9 Å². The highest BCUT2D eigenvalue weighted by molar-refractivity contribution is 5.84. The highest BCUT2D eigenvalue weighted by Gasteiger charge is 2.29. The van der Waals surface area contributed by atoms with Gasteiger partial charge >= 0.3 is 5.97 Å². The highest BCUT2D eigenvalue weighted by Crippen LogP contribution is 2.17. The Morgan fingerprint density at radius 1 is 1.43 bits per heavy atom. The maximum Gasteiger partial charge on any atom is 0.307 e. The highest BCUT2D eigenvalue weighted by atomic mass is 16.5. The maximum absolute atomic E-state index is 12.0. The molecule has 0 saturated carbocycles. The van der Waals surface area contributed by atoms with Crippen LogP contribution in [0.5, 0.6) is 0 Å². The number of nitrogens with one attached hydrogen (secondary N) is 1. The molecule has 1 atom stereocenters. The summed E-state index contributed by atoms with van der Waals surface area (Å²) in [6.45, 7) is 3.72. The first-order chi connectivity index (χ1) is 10.1. The second-order valence-electron chi connectivity index (χ2n) is 4.91. The Hall–Kier alpha value is -1.63. The molecule has 7 heteroatoms. The molecule has 1 aliphatic heterocycles. The molecule has 1 heterocycles. The molecule has 21 heavy (non-hydrogen) atoms. The van der Waals surface area contributed by atoms with Crippen LogP contribution in [-0.2, 0) is 23.9 Å². The molecular formula is C14H24N2O5. The third-order valence-electron chi connectivity index (χ3n) is 3.37. The van der Waals surface area contributed by atoms with Crippen molar-refractivity contribution in [2.45, 2.75) is 26.2 Å². The zero-order chi connectivity index (χ0) is 15.7. The number of carbonyl (C=O) groups excluding carboxylic acids is 3. The number of amides is 2. The number of hydrogen-bond acceptors (Lipinski definition) is 5. The van der Waals surface area contributed by atoms with Crippen molar-refractivity contribution in [3.8, 4) is 0 Å². The number of piperidine rings is 1. The number of carbonyl (C=O) groups is 3. The van der Waals surface area contributed by atoms with Crippen LogP contribution in [0.4, 0.5) is 0 Å². The van der Waals surface area contributed by atoms with Gasteiger partial charge in [-0.2, -0.15) is 0 Å². The molecule has 0 aromatic heterocycles. The summed E-state index contributed by atoms with van der Waals surface area (Å²) in [5, 5.41) is 2.72. The van der Waals surface area contributed by atoms with Crippen molar-refractivity contribution >= 4 is 17.8 Å². The maximum atomic E-state index is 12.0. The Balaban J connectivity index is 2.33. The van der Waals surface area contributed by atoms with Gasteiger partial charge in [-0.05, 0) is 13.3 Å². The lowest BCUT2D eigenvalue weighted by Gasteiger charge is -2.31. The van der Waals surface area contributed by atoms with E-state index in [4.69, 9.17) is 9.47 Å². The third kappa shape index (κ3) is 6.12. The molecule has 120 valence electrons. The number of nitrogens with zero attached hydrogens (tertiary/aromatic N) is 1. The standard InChI is InChI=1S/C14H24N2O5/c1-3-21-13(18)6-7-15-14(19)11-4-5-12(17)16(10-11)8-9-20-2/h11H,3-10H2,1-2H3,(H,15,19)/t11-/m0/s1. The quantitative estimate of drug-likeness (QED) is 0.635. The molecule has 0 aromatic carbocycles. The van der Waals surface area contributed by atoms with Gasteiger partial charge in [-0.25, -0.2) is 0 Å². The molecule has 0 aromatic rings. The average molecular weight is 300 g/mol. The van der Waals surface area contributed by atoms with E-state index in [-0.39, 0.29) is 36.7 Å². The van der Waals surface area contributed by atoms with Crippen LogP contribution >= 0.6 is 0 Å². The predicted octanol–water partition coefficient (Wildman–Crippen LogP) is -0.0592. The molecule has 0 unspecified atom stereocenters. The first kappa shape index (κ1) is 17.4. The molecule has 1 aliphatic rings. The number of esters is 1. The second kappa shape index (κ2) is 9.33. The molecular weight excluding hydrogens is 276 g/mol. The molecule has 0 radical (unpaired) electrons. The summed E-state index contributed by atoms with van der Waals surface area (Å²) >= 11 is 0. The van der Waals surface area contributed by atoms with Crippen molar-refractivity contribution in [3.05, 3.63) is 0 Å². The summed E-state index contributed by atoms with van der Waals surface area (Å²) < 4.78 is 9.74. The number of methoxy groups -OCH3 is 1. The summed E-state index contributed by atoms with van der Waals surface area (Å²) in [6.07, 6.45) is 1.09. The molecule has 7 nitrogen and oxygen atoms in total. The van der Waals surface area contributed by atoms with Crippen LogP contribution in [0.3, 0.4) is 0 Å². The fourth-order valence-electron chi connectivity index (χ4n) is 2.21. The smallest absolute Gasteiger partial charge is 0.307 e. The SMILES string of the molecule is CCOC(=O)CCNC(=O)[C@H]1CCC(=O)N(CCOC)C1. The minimum Gasteiger partial charge on any atom is -0.466 e. The zero-order valence-electron chi connectivity index (χ0n) is 12.7. The van der Waals surface area contributed by atoms with Crippen molar-refractivity contribution in [1.29, 1.82) is 0 Å². The minimum absolute atomic E-state index is 0.0580. The molecule has 0 bridgehead atoms. The van der Waals surface area contributed by atoms with E-state index in [0.29, 0.717) is 39.1 Å². The molecule has 1 saturated heterocycles. The van der Waals surface area contributed by atoms with Crippen molar-refractivity contribution in [1.82, 2.24) is 10.2 Å². The van der Waals surface area contributed by atoms with E-state index in [9.17, 15) is 14.4 Å². The van der Waals surface area contributed by atoms with Crippen LogP contribution in [0, 0.1) is 5.92 Å². The van der Waals surface area contributed by atoms with Gasteiger partial charge in [0.15, 0.2) is 0 Å². The van der Waals surface area contributed by atoms with Crippen LogP contribution in [0.2, 0.25) is 0 Å². The first-order valence-electron chi connectivity index (χ1n) is 7.28. The normalized spacial score (nSPS) is 18.5. The minimum atomic E-state index is -0.321. The van der Waals surface area contributed by atoms with Gasteiger partial charge < -0.3 is 19.7 Å². The Kier molecular flexibility index (Phi) is 7.74. The number of ether oxygens (including phenoxy) is 2. The van der Waals surface area contributed by atoms with Gasteiger partial charge in [0, 0.05) is 33.2 Å². The Morgan fingerprint density at radius 2 is 2.19 bits per heavy atom. The molecule has 1 fully saturated rings. The Morgan fingerprint density at radius 3 is 2.86 bits per heavy atom. The van der Waals surface area contributed by atoms with Crippen LogP contribution in [0.1, 0.15) is 26.2 Å². The predicted molar refractivity (Wildman–Crippen MR) is 75.4 cm³/mol. The topological polar surface area (TPSA) is 84.9 Å². The number of rotatable bonds is 8. The molecule has 2 amide bonds. The lowest BCUT2D eigenvalue weighted by Crippen LogP contribution is -2.47. The summed E-state index contributed by atoms with van der Waals surface area (Å²) in [5.41, 5.74) is 0. The van der Waals surface area contributed by atoms with Gasteiger partial charge in [0.05, 0.1) is 25.6 Å². The number of hydrogen-bond donors (Lipinski definition) is 1. The van der Waals surface area contributed by atoms with Crippen molar-refractivity contribution < 1.29 is 23.9 Å². The number of likely N-dealkylation sites (tertiary alicyclic amines) is 1. The Labute approximate surface area is 124 Å². The fourth-order valence-corrected chi connectivity index (χ4v) is 2.21. The van der Waals surface area contributed by atoms with Gasteiger partial charge in [0.1, 0.15) is 0 Å². The average Bonchev–Trinajstić information content (AvgIpc) is 2.46. The summed E-state index contributed by atoms with van der Waals surface area (Å²) in [6, 6.07) is 0. The van der Waals surface area contributed by atoms with E-state index < -0.39 is 0 Å². The lowest BCUT2D eigenvalue weighted by atomic mass is 9.96. The van der Waals surface area contributed by atoms with E-state index >= 15 is 0 Å². The van der Waals surface area contributed by atoms with E-state index in [1.165, 1.54) is 0 Å². The van der Waals surface area contributed by atoms with Crippen molar-refractivity contribution in [2.75, 3.05) is 40.0 Å². The van der Waals surface area contributed by atoms with Crippen molar-refractivity contribution in [3.63, 3.8) is 0 Å². The summed E-state index contributed by atoms with van der Waals surface area (Å²) in [4.78, 5) is 36.6. The summed E-state index contributed by atoms with van der Waals surface area (Å²) in [5.74, 6) is -0.600. The Bertz CT molecular complexity index is 372. The largest absolute Gasteiger partial charge is 0.466 e. The van der Waals surface area contributed by atoms with Crippen molar-refractivity contribution in [2.24, 2.45) is 5.92 Å². The fraction of sp³-hybridized carbons (Fsp3) is 0.786. The van der Waals surface area contributed by atoms with Crippen LogP contribution in [-0.4, -0.2) is 62.6 Å². The van der Waals surface area contributed by atoms with Gasteiger partial charge in [-0.1, -0.05) is 0 Å². The molecule has 0 aliphatic carbocycles. The van der Waals surface area contributed by atoms with E-state index in [0.717, 1.165) is 0 Å². The third-order valence-corrected chi connectivity index (χ3v) is 3.37. The molecule has 1 rings (SSSR count).